The molecule has 0 aromatic heterocycles. The van der Waals surface area contributed by atoms with E-state index in [9.17, 15) is 4.79 Å². The molecular weight excluding hydrogens is 244 g/mol. The number of benzene rings is 1. The highest BCUT2D eigenvalue weighted by Gasteiger charge is 2.16. The largest absolute Gasteiger partial charge is 0.299 e. The summed E-state index contributed by atoms with van der Waals surface area (Å²) in [6, 6.07) is 7.66. The minimum absolute atomic E-state index is 0.343. The average Bonchev–Trinajstić information content (AvgIpc) is 2.61. The van der Waals surface area contributed by atoms with E-state index in [1.54, 1.807) is 0 Å². The zero-order chi connectivity index (χ0) is 12.8. The molecule has 1 aliphatic rings. The van der Waals surface area contributed by atoms with Crippen molar-refractivity contribution in [2.45, 2.75) is 51.4 Å². The molecule has 1 saturated carbocycles. The third kappa shape index (κ3) is 4.13. The van der Waals surface area contributed by atoms with Crippen LogP contribution in [0, 0.1) is 5.92 Å². The van der Waals surface area contributed by atoms with Gasteiger partial charge in [0.2, 0.25) is 0 Å². The van der Waals surface area contributed by atoms with Gasteiger partial charge in [0.05, 0.1) is 0 Å². The van der Waals surface area contributed by atoms with Crippen LogP contribution in [0.2, 0.25) is 5.02 Å². The molecule has 1 nitrogen and oxygen atoms in total. The number of Topliss-reactive ketones (excluding diaryl/α,β-unsaturated/α-hetero) is 1. The van der Waals surface area contributed by atoms with Crippen LogP contribution in [0.1, 0.15) is 50.5 Å². The van der Waals surface area contributed by atoms with Gasteiger partial charge in [0, 0.05) is 17.9 Å². The van der Waals surface area contributed by atoms with Crippen molar-refractivity contribution in [1.29, 1.82) is 0 Å². The van der Waals surface area contributed by atoms with E-state index in [0.29, 0.717) is 23.1 Å². The molecule has 2 heteroatoms. The van der Waals surface area contributed by atoms with E-state index < -0.39 is 0 Å². The summed E-state index contributed by atoms with van der Waals surface area (Å²) in [6.45, 7) is 0. The second-order valence-electron chi connectivity index (χ2n) is 5.37. The first-order valence-corrected chi connectivity index (χ1v) is 7.38. The first-order valence-electron chi connectivity index (χ1n) is 7.01. The van der Waals surface area contributed by atoms with Crippen LogP contribution < -0.4 is 0 Å². The fourth-order valence-electron chi connectivity index (χ4n) is 2.82. The Balaban J connectivity index is 1.86. The van der Waals surface area contributed by atoms with Crippen LogP contribution in [0.5, 0.6) is 0 Å². The van der Waals surface area contributed by atoms with Crippen molar-refractivity contribution >= 4 is 17.4 Å². The lowest BCUT2D eigenvalue weighted by Gasteiger charge is -2.13. The van der Waals surface area contributed by atoms with Gasteiger partial charge in [-0.05, 0) is 17.5 Å². The van der Waals surface area contributed by atoms with Crippen molar-refractivity contribution < 1.29 is 4.79 Å². The van der Waals surface area contributed by atoms with E-state index in [1.165, 1.54) is 38.5 Å². The van der Waals surface area contributed by atoms with Crippen LogP contribution in [-0.2, 0) is 11.2 Å². The van der Waals surface area contributed by atoms with Crippen LogP contribution in [0.3, 0.4) is 0 Å². The number of hydrogen-bond donors (Lipinski definition) is 0. The molecule has 0 heterocycles. The van der Waals surface area contributed by atoms with Crippen molar-refractivity contribution in [3.63, 3.8) is 0 Å². The van der Waals surface area contributed by atoms with Gasteiger partial charge in [-0.25, -0.2) is 0 Å². The summed E-state index contributed by atoms with van der Waals surface area (Å²) in [4.78, 5) is 12.1. The van der Waals surface area contributed by atoms with Crippen molar-refractivity contribution in [2.75, 3.05) is 0 Å². The van der Waals surface area contributed by atoms with Gasteiger partial charge < -0.3 is 0 Å². The standard InChI is InChI=1S/C16H21ClO/c17-16-10-6-5-9-14(16)12-15(18)11-13-7-3-1-2-4-8-13/h5-6,9-10,13H,1-4,7-8,11-12H2. The molecule has 0 spiro atoms. The fourth-order valence-corrected chi connectivity index (χ4v) is 3.02. The number of halogens is 1. The molecule has 0 bridgehead atoms. The predicted molar refractivity (Wildman–Crippen MR) is 76.0 cm³/mol. The molecule has 0 radical (unpaired) electrons. The third-order valence-electron chi connectivity index (χ3n) is 3.84. The summed E-state index contributed by atoms with van der Waals surface area (Å²) < 4.78 is 0. The minimum atomic E-state index is 0.343. The lowest BCUT2D eigenvalue weighted by Crippen LogP contribution is -2.10. The van der Waals surface area contributed by atoms with Gasteiger partial charge in [-0.15, -0.1) is 0 Å². The highest BCUT2D eigenvalue weighted by atomic mass is 35.5. The lowest BCUT2D eigenvalue weighted by atomic mass is 9.92. The van der Waals surface area contributed by atoms with Gasteiger partial charge >= 0.3 is 0 Å². The van der Waals surface area contributed by atoms with Crippen molar-refractivity contribution in [2.24, 2.45) is 5.92 Å². The maximum absolute atomic E-state index is 12.1. The summed E-state index contributed by atoms with van der Waals surface area (Å²) in [5.41, 5.74) is 0.970. The Bertz CT molecular complexity index is 392. The average molecular weight is 265 g/mol. The van der Waals surface area contributed by atoms with E-state index in [2.05, 4.69) is 0 Å². The highest BCUT2D eigenvalue weighted by Crippen LogP contribution is 2.26. The minimum Gasteiger partial charge on any atom is -0.299 e. The monoisotopic (exact) mass is 264 g/mol. The second kappa shape index (κ2) is 6.94. The topological polar surface area (TPSA) is 17.1 Å². The number of ketones is 1. The zero-order valence-corrected chi connectivity index (χ0v) is 11.6. The molecule has 1 aliphatic carbocycles. The summed E-state index contributed by atoms with van der Waals surface area (Å²) >= 11 is 6.08. The smallest absolute Gasteiger partial charge is 0.137 e. The molecule has 0 unspecified atom stereocenters. The lowest BCUT2D eigenvalue weighted by molar-refractivity contribution is -0.119. The molecule has 2 rings (SSSR count). The third-order valence-corrected chi connectivity index (χ3v) is 4.21. The van der Waals surface area contributed by atoms with Gasteiger partial charge in [-0.3, -0.25) is 4.79 Å². The van der Waals surface area contributed by atoms with Crippen molar-refractivity contribution in [3.05, 3.63) is 34.9 Å². The van der Waals surface area contributed by atoms with Crippen LogP contribution in [0.4, 0.5) is 0 Å². The Labute approximate surface area is 115 Å². The Morgan fingerprint density at radius 3 is 2.44 bits per heavy atom. The maximum atomic E-state index is 12.1. The molecule has 0 saturated heterocycles. The molecule has 98 valence electrons. The number of rotatable bonds is 4. The molecule has 1 fully saturated rings. The number of carbonyl (C=O) groups is 1. The van der Waals surface area contributed by atoms with Crippen LogP contribution in [0.15, 0.2) is 24.3 Å². The Hall–Kier alpha value is -0.820. The van der Waals surface area contributed by atoms with Crippen LogP contribution in [-0.4, -0.2) is 5.78 Å². The SMILES string of the molecule is O=C(Cc1ccccc1Cl)CC1CCCCCC1. The molecule has 18 heavy (non-hydrogen) atoms. The van der Waals surface area contributed by atoms with Gasteiger partial charge in [-0.1, -0.05) is 68.3 Å². The fraction of sp³-hybridized carbons (Fsp3) is 0.562. The quantitative estimate of drug-likeness (QED) is 0.713. The van der Waals surface area contributed by atoms with Gasteiger partial charge in [0.1, 0.15) is 5.78 Å². The molecule has 1 aromatic rings. The van der Waals surface area contributed by atoms with Crippen LogP contribution in [0.25, 0.3) is 0 Å². The molecule has 0 amide bonds. The predicted octanol–water partition coefficient (Wildman–Crippen LogP) is 4.81. The van der Waals surface area contributed by atoms with Gasteiger partial charge in [-0.2, -0.15) is 0 Å². The van der Waals surface area contributed by atoms with Crippen molar-refractivity contribution in [3.8, 4) is 0 Å². The Morgan fingerprint density at radius 1 is 1.11 bits per heavy atom. The highest BCUT2D eigenvalue weighted by molar-refractivity contribution is 6.31. The molecule has 0 atom stereocenters. The van der Waals surface area contributed by atoms with E-state index in [0.717, 1.165) is 12.0 Å². The maximum Gasteiger partial charge on any atom is 0.137 e. The van der Waals surface area contributed by atoms with Crippen molar-refractivity contribution in [1.82, 2.24) is 0 Å². The molecule has 0 aliphatic heterocycles. The first kappa shape index (κ1) is 13.6. The Morgan fingerprint density at radius 2 is 1.78 bits per heavy atom. The molecular formula is C16H21ClO. The second-order valence-corrected chi connectivity index (χ2v) is 5.78. The molecule has 0 N–H and O–H groups in total. The van der Waals surface area contributed by atoms with E-state index in [-0.39, 0.29) is 0 Å². The first-order chi connectivity index (χ1) is 8.75. The summed E-state index contributed by atoms with van der Waals surface area (Å²) in [5.74, 6) is 0.956. The van der Waals surface area contributed by atoms with Gasteiger partial charge in [0.15, 0.2) is 0 Å². The summed E-state index contributed by atoms with van der Waals surface area (Å²) in [6.07, 6.45) is 8.97. The van der Waals surface area contributed by atoms with E-state index in [1.807, 2.05) is 24.3 Å². The zero-order valence-electron chi connectivity index (χ0n) is 10.8. The van der Waals surface area contributed by atoms with E-state index >= 15 is 0 Å². The summed E-state index contributed by atoms with van der Waals surface area (Å²) in [5, 5.41) is 0.715. The Kier molecular flexibility index (Phi) is 5.25. The van der Waals surface area contributed by atoms with Gasteiger partial charge in [0.25, 0.3) is 0 Å². The van der Waals surface area contributed by atoms with Crippen LogP contribution >= 0.6 is 11.6 Å². The summed E-state index contributed by atoms with van der Waals surface area (Å²) in [7, 11) is 0. The van der Waals surface area contributed by atoms with E-state index in [4.69, 9.17) is 11.6 Å². The number of hydrogen-bond acceptors (Lipinski definition) is 1. The number of carbonyl (C=O) groups excluding carboxylic acids is 1. The molecule has 1 aromatic carbocycles. The normalized spacial score (nSPS) is 17.4.